The SMILES string of the molecule is C1CCCC(C2OCCCCO2)CC1. The molecule has 0 aromatic rings. The quantitative estimate of drug-likeness (QED) is 0.603. The summed E-state index contributed by atoms with van der Waals surface area (Å²) >= 11 is 0. The Labute approximate surface area is 87.0 Å². The van der Waals surface area contributed by atoms with E-state index in [9.17, 15) is 0 Å². The minimum Gasteiger partial charge on any atom is -0.352 e. The van der Waals surface area contributed by atoms with Crippen molar-refractivity contribution in [2.45, 2.75) is 57.7 Å². The highest BCUT2D eigenvalue weighted by Gasteiger charge is 2.24. The molecule has 0 unspecified atom stereocenters. The first-order valence-corrected chi connectivity index (χ1v) is 6.20. The summed E-state index contributed by atoms with van der Waals surface area (Å²) in [5, 5.41) is 0. The summed E-state index contributed by atoms with van der Waals surface area (Å²) in [5.41, 5.74) is 0. The second kappa shape index (κ2) is 5.72. The summed E-state index contributed by atoms with van der Waals surface area (Å²) in [6.45, 7) is 1.81. The van der Waals surface area contributed by atoms with Crippen LogP contribution in [0.15, 0.2) is 0 Å². The van der Waals surface area contributed by atoms with E-state index in [1.807, 2.05) is 0 Å². The molecule has 1 saturated heterocycles. The molecular formula is C12H22O2. The van der Waals surface area contributed by atoms with Crippen molar-refractivity contribution in [1.29, 1.82) is 0 Å². The Bertz CT molecular complexity index is 124. The van der Waals surface area contributed by atoms with Crippen LogP contribution in [0.2, 0.25) is 0 Å². The Balaban J connectivity index is 1.83. The number of hydrogen-bond acceptors (Lipinski definition) is 2. The molecule has 0 N–H and O–H groups in total. The van der Waals surface area contributed by atoms with Crippen molar-refractivity contribution in [2.24, 2.45) is 5.92 Å². The third-order valence-electron chi connectivity index (χ3n) is 3.39. The Morgan fingerprint density at radius 2 is 1.21 bits per heavy atom. The molecule has 2 fully saturated rings. The van der Waals surface area contributed by atoms with E-state index in [0.717, 1.165) is 13.2 Å². The van der Waals surface area contributed by atoms with Crippen LogP contribution < -0.4 is 0 Å². The zero-order valence-corrected chi connectivity index (χ0v) is 9.04. The molecule has 2 nitrogen and oxygen atoms in total. The first-order valence-electron chi connectivity index (χ1n) is 6.20. The fraction of sp³-hybridized carbons (Fsp3) is 1.00. The predicted molar refractivity (Wildman–Crippen MR) is 56.1 cm³/mol. The predicted octanol–water partition coefficient (Wildman–Crippen LogP) is 3.11. The maximum atomic E-state index is 5.78. The molecule has 2 heteroatoms. The first-order chi connectivity index (χ1) is 6.97. The molecule has 0 aromatic carbocycles. The zero-order valence-electron chi connectivity index (χ0n) is 9.04. The third kappa shape index (κ3) is 2.96. The van der Waals surface area contributed by atoms with Gasteiger partial charge in [0.05, 0.1) is 0 Å². The molecule has 82 valence electrons. The molecular weight excluding hydrogens is 176 g/mol. The summed E-state index contributed by atoms with van der Waals surface area (Å²) in [6.07, 6.45) is 10.6. The van der Waals surface area contributed by atoms with E-state index >= 15 is 0 Å². The summed E-state index contributed by atoms with van der Waals surface area (Å²) in [5.74, 6) is 0.676. The molecule has 14 heavy (non-hydrogen) atoms. The monoisotopic (exact) mass is 198 g/mol. The van der Waals surface area contributed by atoms with Crippen molar-refractivity contribution in [1.82, 2.24) is 0 Å². The number of hydrogen-bond donors (Lipinski definition) is 0. The molecule has 0 amide bonds. The van der Waals surface area contributed by atoms with E-state index in [0.29, 0.717) is 5.92 Å². The number of ether oxygens (including phenoxy) is 2. The summed E-state index contributed by atoms with van der Waals surface area (Å²) in [4.78, 5) is 0. The second-order valence-corrected chi connectivity index (χ2v) is 4.57. The smallest absolute Gasteiger partial charge is 0.160 e. The molecule has 2 rings (SSSR count). The molecule has 1 saturated carbocycles. The van der Waals surface area contributed by atoms with Crippen molar-refractivity contribution in [2.75, 3.05) is 13.2 Å². The largest absolute Gasteiger partial charge is 0.352 e. The van der Waals surface area contributed by atoms with Crippen LogP contribution in [0, 0.1) is 5.92 Å². The van der Waals surface area contributed by atoms with Crippen LogP contribution in [0.5, 0.6) is 0 Å². The van der Waals surface area contributed by atoms with Gasteiger partial charge in [-0.15, -0.1) is 0 Å². The van der Waals surface area contributed by atoms with Gasteiger partial charge < -0.3 is 9.47 Å². The zero-order chi connectivity index (χ0) is 9.64. The lowest BCUT2D eigenvalue weighted by molar-refractivity contribution is -0.160. The molecule has 0 aromatic heterocycles. The molecule has 0 radical (unpaired) electrons. The third-order valence-corrected chi connectivity index (χ3v) is 3.39. The van der Waals surface area contributed by atoms with Gasteiger partial charge in [-0.25, -0.2) is 0 Å². The Kier molecular flexibility index (Phi) is 4.26. The van der Waals surface area contributed by atoms with Gasteiger partial charge in [-0.05, 0) is 25.7 Å². The fourth-order valence-electron chi connectivity index (χ4n) is 2.51. The molecule has 1 aliphatic carbocycles. The average molecular weight is 198 g/mol. The van der Waals surface area contributed by atoms with Crippen LogP contribution in [0.3, 0.4) is 0 Å². The van der Waals surface area contributed by atoms with E-state index in [4.69, 9.17) is 9.47 Å². The minimum atomic E-state index is 0.121. The Morgan fingerprint density at radius 1 is 0.643 bits per heavy atom. The van der Waals surface area contributed by atoms with Crippen molar-refractivity contribution in [3.8, 4) is 0 Å². The van der Waals surface area contributed by atoms with Crippen LogP contribution in [-0.2, 0) is 9.47 Å². The van der Waals surface area contributed by atoms with Gasteiger partial charge in [0, 0.05) is 19.1 Å². The standard InChI is InChI=1S/C12H22O2/c1-2-4-8-11(7-3-1)12-13-9-5-6-10-14-12/h11-12H,1-10H2. The lowest BCUT2D eigenvalue weighted by Gasteiger charge is -2.24. The Hall–Kier alpha value is -0.0800. The molecule has 1 aliphatic heterocycles. The topological polar surface area (TPSA) is 18.5 Å². The highest BCUT2D eigenvalue weighted by atomic mass is 16.7. The van der Waals surface area contributed by atoms with Gasteiger partial charge in [-0.3, -0.25) is 0 Å². The van der Waals surface area contributed by atoms with Crippen LogP contribution in [0.4, 0.5) is 0 Å². The van der Waals surface area contributed by atoms with Gasteiger partial charge in [0.25, 0.3) is 0 Å². The van der Waals surface area contributed by atoms with E-state index < -0.39 is 0 Å². The molecule has 0 spiro atoms. The van der Waals surface area contributed by atoms with Gasteiger partial charge in [0.15, 0.2) is 6.29 Å². The normalized spacial score (nSPS) is 28.3. The van der Waals surface area contributed by atoms with Crippen molar-refractivity contribution < 1.29 is 9.47 Å². The summed E-state index contributed by atoms with van der Waals surface area (Å²) < 4.78 is 11.6. The highest BCUT2D eigenvalue weighted by Crippen LogP contribution is 2.28. The van der Waals surface area contributed by atoms with Gasteiger partial charge in [-0.1, -0.05) is 25.7 Å². The van der Waals surface area contributed by atoms with Gasteiger partial charge in [-0.2, -0.15) is 0 Å². The first kappa shape index (κ1) is 10.4. The van der Waals surface area contributed by atoms with Gasteiger partial charge >= 0.3 is 0 Å². The summed E-state index contributed by atoms with van der Waals surface area (Å²) in [7, 11) is 0. The average Bonchev–Trinajstić information content (AvgIpc) is 2.62. The van der Waals surface area contributed by atoms with Crippen LogP contribution in [0.1, 0.15) is 51.4 Å². The van der Waals surface area contributed by atoms with Crippen LogP contribution >= 0.6 is 0 Å². The van der Waals surface area contributed by atoms with Crippen LogP contribution in [-0.4, -0.2) is 19.5 Å². The van der Waals surface area contributed by atoms with Crippen LogP contribution in [0.25, 0.3) is 0 Å². The van der Waals surface area contributed by atoms with E-state index in [1.54, 1.807) is 0 Å². The molecule has 1 heterocycles. The minimum absolute atomic E-state index is 0.121. The van der Waals surface area contributed by atoms with Crippen molar-refractivity contribution in [3.05, 3.63) is 0 Å². The number of rotatable bonds is 1. The second-order valence-electron chi connectivity index (χ2n) is 4.57. The maximum Gasteiger partial charge on any atom is 0.160 e. The summed E-state index contributed by atoms with van der Waals surface area (Å²) in [6, 6.07) is 0. The lowest BCUT2D eigenvalue weighted by atomic mass is 10.00. The van der Waals surface area contributed by atoms with Gasteiger partial charge in [0.2, 0.25) is 0 Å². The molecule has 0 atom stereocenters. The Morgan fingerprint density at radius 3 is 1.79 bits per heavy atom. The fourth-order valence-corrected chi connectivity index (χ4v) is 2.51. The van der Waals surface area contributed by atoms with Crippen molar-refractivity contribution >= 4 is 0 Å². The highest BCUT2D eigenvalue weighted by molar-refractivity contribution is 4.69. The molecule has 2 aliphatic rings. The van der Waals surface area contributed by atoms with Crippen molar-refractivity contribution in [3.63, 3.8) is 0 Å². The van der Waals surface area contributed by atoms with E-state index in [-0.39, 0.29) is 6.29 Å². The van der Waals surface area contributed by atoms with Gasteiger partial charge in [0.1, 0.15) is 0 Å². The van der Waals surface area contributed by atoms with E-state index in [2.05, 4.69) is 0 Å². The van der Waals surface area contributed by atoms with E-state index in [1.165, 1.54) is 51.4 Å². The molecule has 0 bridgehead atoms. The maximum absolute atomic E-state index is 5.78. The lowest BCUT2D eigenvalue weighted by Crippen LogP contribution is -2.26.